The Morgan fingerprint density at radius 3 is 3.10 bits per heavy atom. The molecule has 1 aliphatic carbocycles. The van der Waals surface area contributed by atoms with Crippen LogP contribution in [0.2, 0.25) is 5.02 Å². The first-order valence-electron chi connectivity index (χ1n) is 7.54. The highest BCUT2D eigenvalue weighted by atomic mass is 35.5. The van der Waals surface area contributed by atoms with Crippen molar-refractivity contribution in [3.63, 3.8) is 0 Å². The molecule has 5 heteroatoms. The predicted octanol–water partition coefficient (Wildman–Crippen LogP) is 3.16. The van der Waals surface area contributed by atoms with Crippen molar-refractivity contribution in [2.24, 2.45) is 11.8 Å². The van der Waals surface area contributed by atoms with Gasteiger partial charge < -0.3 is 5.32 Å². The van der Waals surface area contributed by atoms with Crippen molar-refractivity contribution in [3.8, 4) is 12.3 Å². The van der Waals surface area contributed by atoms with Gasteiger partial charge in [-0.05, 0) is 24.7 Å². The van der Waals surface area contributed by atoms with E-state index in [1.807, 2.05) is 0 Å². The third kappa shape index (κ3) is 4.25. The molecule has 1 N–H and O–H groups in total. The van der Waals surface area contributed by atoms with Gasteiger partial charge in [-0.15, -0.1) is 6.42 Å². The summed E-state index contributed by atoms with van der Waals surface area (Å²) in [6, 6.07) is 0. The van der Waals surface area contributed by atoms with Gasteiger partial charge in [0, 0.05) is 6.54 Å². The maximum Gasteiger partial charge on any atom is 0.292 e. The second kappa shape index (κ2) is 7.51. The molecule has 21 heavy (non-hydrogen) atoms. The molecule has 1 aromatic heterocycles. The fraction of sp³-hybridized carbons (Fsp3) is 0.625. The summed E-state index contributed by atoms with van der Waals surface area (Å²) < 4.78 is 1.25. The van der Waals surface area contributed by atoms with E-state index in [0.29, 0.717) is 10.7 Å². The van der Waals surface area contributed by atoms with E-state index in [4.69, 9.17) is 18.0 Å². The van der Waals surface area contributed by atoms with Gasteiger partial charge in [0.1, 0.15) is 12.2 Å². The molecule has 1 fully saturated rings. The average molecular weight is 308 g/mol. The van der Waals surface area contributed by atoms with Crippen LogP contribution >= 0.6 is 11.6 Å². The smallest absolute Gasteiger partial charge is 0.292 e. The Bertz CT molecular complexity index is 576. The van der Waals surface area contributed by atoms with E-state index in [1.54, 1.807) is 0 Å². The highest BCUT2D eigenvalue weighted by Crippen LogP contribution is 2.30. The van der Waals surface area contributed by atoms with E-state index in [0.717, 1.165) is 24.8 Å². The van der Waals surface area contributed by atoms with E-state index in [1.165, 1.54) is 36.6 Å². The topological polar surface area (TPSA) is 46.9 Å². The number of aromatic nitrogens is 2. The highest BCUT2D eigenvalue weighted by molar-refractivity contribution is 6.32. The number of hydrogen-bond acceptors (Lipinski definition) is 3. The van der Waals surface area contributed by atoms with Crippen LogP contribution in [0.3, 0.4) is 0 Å². The molecule has 0 radical (unpaired) electrons. The molecule has 1 saturated carbocycles. The summed E-state index contributed by atoms with van der Waals surface area (Å²) in [6.45, 7) is 3.23. The molecule has 0 aliphatic heterocycles. The lowest BCUT2D eigenvalue weighted by molar-refractivity contribution is 0.274. The number of nitrogens with one attached hydrogen (secondary N) is 1. The lowest BCUT2D eigenvalue weighted by Gasteiger charge is -2.26. The van der Waals surface area contributed by atoms with Crippen molar-refractivity contribution < 1.29 is 0 Å². The van der Waals surface area contributed by atoms with Gasteiger partial charge in [0.05, 0.1) is 11.2 Å². The Hall–Kier alpha value is -1.47. The molecule has 0 amide bonds. The van der Waals surface area contributed by atoms with Crippen LogP contribution in [-0.2, 0) is 6.54 Å². The number of anilines is 1. The molecule has 2 atom stereocenters. The van der Waals surface area contributed by atoms with Crippen LogP contribution in [0.5, 0.6) is 0 Å². The number of hydrogen-bond donors (Lipinski definition) is 1. The van der Waals surface area contributed by atoms with Crippen molar-refractivity contribution >= 4 is 17.3 Å². The molecule has 4 nitrogen and oxygen atoms in total. The molecule has 114 valence electrons. The van der Waals surface area contributed by atoms with Crippen molar-refractivity contribution in [1.29, 1.82) is 0 Å². The summed E-state index contributed by atoms with van der Waals surface area (Å²) in [5, 5.41) is 7.45. The average Bonchev–Trinajstić information content (AvgIpc) is 2.46. The van der Waals surface area contributed by atoms with Crippen molar-refractivity contribution in [2.75, 3.05) is 11.9 Å². The summed E-state index contributed by atoms with van der Waals surface area (Å²) in [5.41, 5.74) is 0.156. The molecule has 1 aliphatic rings. The lowest BCUT2D eigenvalue weighted by atomic mass is 9.81. The van der Waals surface area contributed by atoms with Crippen LogP contribution in [0.25, 0.3) is 0 Å². The number of nitrogens with zero attached hydrogens (tertiary/aromatic N) is 2. The van der Waals surface area contributed by atoms with Crippen LogP contribution in [0.4, 0.5) is 5.69 Å². The molecule has 0 aromatic carbocycles. The first-order valence-corrected chi connectivity index (χ1v) is 7.92. The second-order valence-electron chi connectivity index (χ2n) is 5.89. The van der Waals surface area contributed by atoms with E-state index < -0.39 is 0 Å². The Balaban J connectivity index is 1.95. The van der Waals surface area contributed by atoms with Crippen molar-refractivity contribution in [2.45, 2.75) is 45.6 Å². The molecule has 2 unspecified atom stereocenters. The van der Waals surface area contributed by atoms with Crippen molar-refractivity contribution in [3.05, 3.63) is 21.6 Å². The Kier molecular flexibility index (Phi) is 5.69. The molecular weight excluding hydrogens is 286 g/mol. The third-order valence-electron chi connectivity index (χ3n) is 4.14. The summed E-state index contributed by atoms with van der Waals surface area (Å²) in [5.74, 6) is 3.98. The van der Waals surface area contributed by atoms with Crippen LogP contribution in [-0.4, -0.2) is 16.3 Å². The first kappa shape index (κ1) is 15.9. The maximum atomic E-state index is 12.2. The van der Waals surface area contributed by atoms with Gasteiger partial charge in [0.2, 0.25) is 0 Å². The van der Waals surface area contributed by atoms with E-state index in [-0.39, 0.29) is 12.1 Å². The SMILES string of the molecule is C#CCn1ncc(Cl)c(NCCC2CCCC(C)C2)c1=O. The molecule has 0 spiro atoms. The minimum atomic E-state index is -0.252. The van der Waals surface area contributed by atoms with E-state index >= 15 is 0 Å². The summed E-state index contributed by atoms with van der Waals surface area (Å²) in [6.07, 6.45) is 13.0. The zero-order valence-corrected chi connectivity index (χ0v) is 13.2. The Labute approximate surface area is 130 Å². The molecule has 1 heterocycles. The van der Waals surface area contributed by atoms with Crippen LogP contribution in [0.1, 0.15) is 39.0 Å². The monoisotopic (exact) mass is 307 g/mol. The summed E-state index contributed by atoms with van der Waals surface area (Å²) in [7, 11) is 0. The van der Waals surface area contributed by atoms with Gasteiger partial charge >= 0.3 is 0 Å². The van der Waals surface area contributed by atoms with E-state index in [9.17, 15) is 4.79 Å². The summed E-state index contributed by atoms with van der Waals surface area (Å²) >= 11 is 6.06. The standard InChI is InChI=1S/C16H22ClN3O/c1-3-9-20-16(21)15(14(17)11-19-20)18-8-7-13-6-4-5-12(2)10-13/h1,11-13,18H,4-10H2,2H3. The molecule has 0 saturated heterocycles. The normalized spacial score (nSPS) is 21.8. The van der Waals surface area contributed by atoms with Gasteiger partial charge in [-0.1, -0.05) is 43.7 Å². The zero-order chi connectivity index (χ0) is 15.2. The van der Waals surface area contributed by atoms with Gasteiger partial charge in [-0.25, -0.2) is 4.68 Å². The summed E-state index contributed by atoms with van der Waals surface area (Å²) in [4.78, 5) is 12.2. The molecule has 0 bridgehead atoms. The lowest BCUT2D eigenvalue weighted by Crippen LogP contribution is -2.26. The Morgan fingerprint density at radius 1 is 1.57 bits per heavy atom. The number of halogens is 1. The van der Waals surface area contributed by atoms with Gasteiger partial charge in [0.15, 0.2) is 0 Å². The van der Waals surface area contributed by atoms with Gasteiger partial charge in [-0.2, -0.15) is 5.10 Å². The largest absolute Gasteiger partial charge is 0.379 e. The maximum absolute atomic E-state index is 12.2. The van der Waals surface area contributed by atoms with E-state index in [2.05, 4.69) is 23.3 Å². The zero-order valence-electron chi connectivity index (χ0n) is 12.4. The minimum Gasteiger partial charge on any atom is -0.379 e. The molecule has 1 aromatic rings. The highest BCUT2D eigenvalue weighted by Gasteiger charge is 2.18. The fourth-order valence-electron chi connectivity index (χ4n) is 3.05. The van der Waals surface area contributed by atoms with Gasteiger partial charge in [0.25, 0.3) is 5.56 Å². The van der Waals surface area contributed by atoms with Crippen LogP contribution in [0.15, 0.2) is 11.0 Å². The van der Waals surface area contributed by atoms with Crippen LogP contribution < -0.4 is 10.9 Å². The number of terminal acetylenes is 1. The minimum absolute atomic E-state index is 0.158. The predicted molar refractivity (Wildman–Crippen MR) is 86.6 cm³/mol. The van der Waals surface area contributed by atoms with Crippen LogP contribution in [0, 0.1) is 24.2 Å². The van der Waals surface area contributed by atoms with Crippen molar-refractivity contribution in [1.82, 2.24) is 9.78 Å². The molecular formula is C16H22ClN3O. The number of rotatable bonds is 5. The quantitative estimate of drug-likeness (QED) is 0.850. The first-order chi connectivity index (χ1) is 10.1. The molecule has 2 rings (SSSR count). The second-order valence-corrected chi connectivity index (χ2v) is 6.29. The Morgan fingerprint density at radius 2 is 2.38 bits per heavy atom. The fourth-order valence-corrected chi connectivity index (χ4v) is 3.24. The third-order valence-corrected chi connectivity index (χ3v) is 4.42. The van der Waals surface area contributed by atoms with Gasteiger partial charge in [-0.3, -0.25) is 4.79 Å².